The van der Waals surface area contributed by atoms with Crippen LogP contribution in [0.1, 0.15) is 213 Å². The van der Waals surface area contributed by atoms with E-state index in [4.69, 9.17) is 0 Å². The summed E-state index contributed by atoms with van der Waals surface area (Å²) in [5.74, 6) is 10.8. The summed E-state index contributed by atoms with van der Waals surface area (Å²) in [5.41, 5.74) is 0. The number of unbranched alkanes of at least 4 members (excludes halogenated alkanes) is 27. The Hall–Kier alpha value is 2.92. The fourth-order valence-corrected chi connectivity index (χ4v) is 8.96. The molecule has 0 saturated carbocycles. The van der Waals surface area contributed by atoms with E-state index in [0.29, 0.717) is 0 Å². The molecule has 0 heterocycles. The second kappa shape index (κ2) is 62.9. The predicted molar refractivity (Wildman–Crippen MR) is 255 cm³/mol. The Labute approximate surface area is 359 Å². The number of hydrogen-bond donors (Lipinski definition) is 3. The van der Waals surface area contributed by atoms with E-state index in [1.54, 1.807) is 0 Å². The van der Waals surface area contributed by atoms with Crippen LogP contribution < -0.4 is 0 Å². The van der Waals surface area contributed by atoms with Gasteiger partial charge in [-0.3, -0.25) is 0 Å². The van der Waals surface area contributed by atoms with Crippen molar-refractivity contribution in [3.05, 3.63) is 0 Å². The second-order valence-electron chi connectivity index (χ2n) is 13.6. The topological polar surface area (TPSA) is 0 Å². The largest absolute Gasteiger partial charge is 3.00 e. The van der Waals surface area contributed by atoms with Gasteiger partial charge in [0, 0.05) is 17.3 Å². The summed E-state index contributed by atoms with van der Waals surface area (Å²) in [4.78, 5) is 0. The Morgan fingerprint density at radius 3 is 0.571 bits per heavy atom. The van der Waals surface area contributed by atoms with Crippen LogP contribution in [0.4, 0.5) is 0 Å². The van der Waals surface area contributed by atoms with Gasteiger partial charge in [-0.1, -0.05) is 194 Å². The summed E-state index contributed by atoms with van der Waals surface area (Å²) in [7, 11) is 0. The van der Waals surface area contributed by atoms with Crippen LogP contribution in [0.2, 0.25) is 0 Å². The van der Waals surface area contributed by atoms with E-state index in [2.05, 4.69) is 93.9 Å². The molecule has 7 heteroatoms. The summed E-state index contributed by atoms with van der Waals surface area (Å²) >= 11 is 18.8. The fraction of sp³-hybridized carbons (Fsp3) is 1.00. The molecule has 0 bridgehead atoms. The van der Waals surface area contributed by atoms with Crippen LogP contribution in [0.3, 0.4) is 0 Å². The first-order chi connectivity index (χ1) is 23.7. The van der Waals surface area contributed by atoms with Crippen molar-refractivity contribution in [2.24, 2.45) is 0 Å². The van der Waals surface area contributed by atoms with Gasteiger partial charge in [-0.05, 0) is 53.8 Å². The number of rotatable bonds is 39. The molecule has 0 aliphatic rings. The molecular formula is C42H90S6Sb+3. The Morgan fingerprint density at radius 1 is 0.245 bits per heavy atom. The summed E-state index contributed by atoms with van der Waals surface area (Å²) in [6.45, 7) is 6.85. The third-order valence-electron chi connectivity index (χ3n) is 8.63. The van der Waals surface area contributed by atoms with Gasteiger partial charge in [0.1, 0.15) is 0 Å². The molecule has 0 atom stereocenters. The predicted octanol–water partition coefficient (Wildman–Crippen LogP) is 16.3. The van der Waals surface area contributed by atoms with Crippen LogP contribution >= 0.6 is 73.2 Å². The second-order valence-corrected chi connectivity index (χ2v) is 18.6. The normalized spacial score (nSPS) is 10.7. The van der Waals surface area contributed by atoms with Gasteiger partial charge in [-0.15, -0.1) is 0 Å². The first kappa shape index (κ1) is 58.6. The van der Waals surface area contributed by atoms with Crippen LogP contribution in [0.5, 0.6) is 0 Å². The molecule has 0 saturated heterocycles. The SMILES string of the molecule is CCCCCCCCCCCCSCCS.CCCCCCCCCCCCSCCS.CCCCCCCCCCCCSCCS.[Sb+3]. The molecular weight excluding hydrogens is 819 g/mol. The summed E-state index contributed by atoms with van der Waals surface area (Å²) in [5, 5.41) is 0. The molecule has 0 aromatic carbocycles. The molecule has 0 unspecified atom stereocenters. The quantitative estimate of drug-likeness (QED) is 0.0320. The van der Waals surface area contributed by atoms with Crippen LogP contribution in [-0.4, -0.2) is 76.2 Å². The zero-order valence-corrected chi connectivity index (χ0v) is 41.3. The van der Waals surface area contributed by atoms with E-state index in [1.807, 2.05) is 0 Å². The maximum absolute atomic E-state index is 4.21. The minimum Gasteiger partial charge on any atom is -0.179 e. The Bertz CT molecular complexity index is 378. The van der Waals surface area contributed by atoms with Crippen molar-refractivity contribution in [3.63, 3.8) is 0 Å². The van der Waals surface area contributed by atoms with Gasteiger partial charge >= 0.3 is 24.4 Å². The molecule has 0 aliphatic carbocycles. The number of hydrogen-bond acceptors (Lipinski definition) is 6. The van der Waals surface area contributed by atoms with E-state index in [9.17, 15) is 0 Å². The first-order valence-electron chi connectivity index (χ1n) is 21.3. The Morgan fingerprint density at radius 2 is 0.408 bits per heavy atom. The van der Waals surface area contributed by atoms with Crippen molar-refractivity contribution >= 4 is 97.6 Å². The average Bonchev–Trinajstić information content (AvgIpc) is 3.10. The molecule has 0 N–H and O–H groups in total. The van der Waals surface area contributed by atoms with Crippen LogP contribution in [-0.2, 0) is 0 Å². The summed E-state index contributed by atoms with van der Waals surface area (Å²) in [6, 6.07) is 0. The van der Waals surface area contributed by atoms with Crippen LogP contribution in [0, 0.1) is 0 Å². The van der Waals surface area contributed by atoms with E-state index in [0.717, 1.165) is 17.3 Å². The summed E-state index contributed by atoms with van der Waals surface area (Å²) < 4.78 is 0. The zero-order chi connectivity index (χ0) is 35.7. The van der Waals surface area contributed by atoms with E-state index >= 15 is 0 Å². The minimum atomic E-state index is 0. The molecule has 0 amide bonds. The van der Waals surface area contributed by atoms with Crippen LogP contribution in [0.25, 0.3) is 0 Å². The maximum atomic E-state index is 4.21. The molecule has 0 aromatic rings. The standard InChI is InChI=1S/3C14H30S2.Sb/c3*1-2-3-4-5-6-7-8-9-10-11-13-16-14-12-15;/h3*15H,2-14H2,1H3;/q;;;+3. The minimum absolute atomic E-state index is 0. The maximum Gasteiger partial charge on any atom is 3.00 e. The molecule has 0 fully saturated rings. The van der Waals surface area contributed by atoms with Crippen molar-refractivity contribution in [1.82, 2.24) is 0 Å². The Balaban J connectivity index is -0.000000307. The van der Waals surface area contributed by atoms with Gasteiger partial charge in [0.15, 0.2) is 0 Å². The summed E-state index contributed by atoms with van der Waals surface area (Å²) in [6.07, 6.45) is 43.2. The van der Waals surface area contributed by atoms with Gasteiger partial charge in [0.2, 0.25) is 0 Å². The van der Waals surface area contributed by atoms with Crippen molar-refractivity contribution in [3.8, 4) is 0 Å². The van der Waals surface area contributed by atoms with Crippen LogP contribution in [0.15, 0.2) is 0 Å². The third kappa shape index (κ3) is 69.3. The molecule has 0 aliphatic heterocycles. The van der Waals surface area contributed by atoms with Gasteiger partial charge in [-0.25, -0.2) is 0 Å². The monoisotopic (exact) mass is 907 g/mol. The third-order valence-corrected chi connectivity index (χ3v) is 13.4. The zero-order valence-electron chi connectivity index (χ0n) is 33.6. The first-order valence-corrected chi connectivity index (χ1v) is 26.7. The van der Waals surface area contributed by atoms with Crippen molar-refractivity contribution < 1.29 is 0 Å². The van der Waals surface area contributed by atoms with Crippen molar-refractivity contribution in [1.29, 1.82) is 0 Å². The molecule has 2 radical (unpaired) electrons. The van der Waals surface area contributed by atoms with Gasteiger partial charge in [0.05, 0.1) is 0 Å². The van der Waals surface area contributed by atoms with Crippen molar-refractivity contribution in [2.75, 3.05) is 51.8 Å². The Kier molecular flexibility index (Phi) is 75.2. The van der Waals surface area contributed by atoms with E-state index in [1.165, 1.54) is 227 Å². The number of thiol groups is 3. The molecule has 49 heavy (non-hydrogen) atoms. The average molecular weight is 909 g/mol. The molecule has 296 valence electrons. The van der Waals surface area contributed by atoms with E-state index in [-0.39, 0.29) is 24.4 Å². The van der Waals surface area contributed by atoms with Gasteiger partial charge in [-0.2, -0.15) is 73.2 Å². The number of thioether (sulfide) groups is 3. The fourth-order valence-electron chi connectivity index (χ4n) is 5.57. The van der Waals surface area contributed by atoms with Gasteiger partial charge in [0.25, 0.3) is 0 Å². The molecule has 0 nitrogen and oxygen atoms in total. The van der Waals surface area contributed by atoms with Gasteiger partial charge < -0.3 is 0 Å². The molecule has 0 rings (SSSR count). The smallest absolute Gasteiger partial charge is 0.179 e. The van der Waals surface area contributed by atoms with Crippen molar-refractivity contribution in [2.45, 2.75) is 213 Å². The molecule has 0 spiro atoms. The van der Waals surface area contributed by atoms with E-state index < -0.39 is 0 Å². The molecule has 0 aromatic heterocycles.